The first-order valence-electron chi connectivity index (χ1n) is 19.4. The summed E-state index contributed by atoms with van der Waals surface area (Å²) in [6.07, 6.45) is 8.26. The Kier molecular flexibility index (Phi) is 7.88. The molecule has 0 radical (unpaired) electrons. The summed E-state index contributed by atoms with van der Waals surface area (Å²) < 4.78 is 0. The molecule has 3 aliphatic rings. The molecule has 0 spiro atoms. The second-order valence-electron chi connectivity index (χ2n) is 14.7. The smallest absolute Gasteiger partial charge is 0.123 e. The van der Waals surface area contributed by atoms with Gasteiger partial charge in [-0.2, -0.15) is 0 Å². The van der Waals surface area contributed by atoms with Gasteiger partial charge in [0.25, 0.3) is 0 Å². The molecule has 270 valence electrons. The molecule has 0 saturated heterocycles. The van der Waals surface area contributed by atoms with Crippen LogP contribution in [0.15, 0.2) is 210 Å². The van der Waals surface area contributed by atoms with Crippen molar-refractivity contribution in [3.8, 4) is 33.4 Å². The van der Waals surface area contributed by atoms with E-state index in [0.29, 0.717) is 11.7 Å². The van der Waals surface area contributed by atoms with Gasteiger partial charge in [0.05, 0.1) is 23.4 Å². The highest BCUT2D eigenvalue weighted by atomic mass is 15.3. The fourth-order valence-corrected chi connectivity index (χ4v) is 8.38. The van der Waals surface area contributed by atoms with Gasteiger partial charge >= 0.3 is 0 Å². The molecule has 11 rings (SSSR count). The van der Waals surface area contributed by atoms with Crippen LogP contribution in [0.1, 0.15) is 22.9 Å². The number of allylic oxidation sites excluding steroid dienone is 2. The molecule has 1 N–H and O–H groups in total. The van der Waals surface area contributed by atoms with Crippen molar-refractivity contribution in [3.05, 3.63) is 222 Å². The molecule has 5 nitrogen and oxygen atoms in total. The molecule has 0 fully saturated rings. The summed E-state index contributed by atoms with van der Waals surface area (Å²) in [5, 5.41) is 13.9. The number of nitrogens with one attached hydrogen (secondary N) is 1. The monoisotopic (exact) mass is 730 g/mol. The Hall–Kier alpha value is -7.50. The Labute approximate surface area is 331 Å². The first-order valence-corrected chi connectivity index (χ1v) is 19.4. The fraction of sp³-hybridized carbons (Fsp3) is 0.0385. The van der Waals surface area contributed by atoms with E-state index in [1.807, 2.05) is 12.1 Å². The summed E-state index contributed by atoms with van der Waals surface area (Å²) in [4.78, 5) is 12.7. The highest BCUT2D eigenvalue weighted by Gasteiger charge is 2.30. The Balaban J connectivity index is 0.982. The maximum Gasteiger partial charge on any atom is 0.123 e. The molecule has 3 aliphatic heterocycles. The Morgan fingerprint density at radius 3 is 1.88 bits per heavy atom. The van der Waals surface area contributed by atoms with Gasteiger partial charge in [-0.1, -0.05) is 170 Å². The summed E-state index contributed by atoms with van der Waals surface area (Å²) >= 11 is 0. The third kappa shape index (κ3) is 5.88. The van der Waals surface area contributed by atoms with Gasteiger partial charge < -0.3 is 20.5 Å². The van der Waals surface area contributed by atoms with Crippen molar-refractivity contribution in [3.63, 3.8) is 0 Å². The van der Waals surface area contributed by atoms with Crippen LogP contribution in [0.5, 0.6) is 0 Å². The number of aliphatic imine (C=N–C) groups is 2. The molecule has 0 saturated carbocycles. The SMILES string of the molecule is C1=CC2Nc3c(c4ccc(-c5ccc(C6=NC(c7cccc(-c8ccccc8)c7)[N-]C(c7cccc(-c8ccccc8)c7)=N6)cc5)cc4c4ccccc34)N2C=C1. The molecule has 0 aliphatic carbocycles. The van der Waals surface area contributed by atoms with Crippen LogP contribution in [0.3, 0.4) is 0 Å². The van der Waals surface area contributed by atoms with E-state index in [-0.39, 0.29) is 6.17 Å². The minimum atomic E-state index is -0.453. The minimum Gasteiger partial charge on any atom is -0.438 e. The molecule has 3 heterocycles. The van der Waals surface area contributed by atoms with Crippen molar-refractivity contribution in [1.29, 1.82) is 0 Å². The number of nitrogens with zero attached hydrogens (tertiary/aromatic N) is 4. The average Bonchev–Trinajstić information content (AvgIpc) is 3.70. The maximum atomic E-state index is 5.20. The number of fused-ring (bicyclic) bond motifs is 8. The van der Waals surface area contributed by atoms with Gasteiger partial charge in [0.15, 0.2) is 0 Å². The van der Waals surface area contributed by atoms with Crippen LogP contribution < -0.4 is 10.2 Å². The number of rotatable bonds is 6. The van der Waals surface area contributed by atoms with Crippen LogP contribution in [0.25, 0.3) is 60.2 Å². The van der Waals surface area contributed by atoms with Crippen LogP contribution in [-0.4, -0.2) is 17.8 Å². The number of benzene rings is 8. The van der Waals surface area contributed by atoms with Crippen molar-refractivity contribution in [2.24, 2.45) is 9.98 Å². The van der Waals surface area contributed by atoms with E-state index < -0.39 is 6.17 Å². The summed E-state index contributed by atoms with van der Waals surface area (Å²) in [5.74, 6) is 1.33. The Morgan fingerprint density at radius 2 is 1.09 bits per heavy atom. The lowest BCUT2D eigenvalue weighted by Crippen LogP contribution is -2.30. The van der Waals surface area contributed by atoms with E-state index in [2.05, 4.69) is 198 Å². The lowest BCUT2D eigenvalue weighted by Gasteiger charge is -2.33. The predicted molar refractivity (Wildman–Crippen MR) is 238 cm³/mol. The van der Waals surface area contributed by atoms with E-state index in [4.69, 9.17) is 15.3 Å². The fourth-order valence-electron chi connectivity index (χ4n) is 8.38. The molecule has 2 unspecified atom stereocenters. The van der Waals surface area contributed by atoms with Crippen LogP contribution in [-0.2, 0) is 0 Å². The zero-order valence-electron chi connectivity index (χ0n) is 31.0. The third-order valence-electron chi connectivity index (χ3n) is 11.2. The number of amidine groups is 2. The van der Waals surface area contributed by atoms with Crippen molar-refractivity contribution in [1.82, 2.24) is 0 Å². The zero-order valence-corrected chi connectivity index (χ0v) is 31.0. The largest absolute Gasteiger partial charge is 0.438 e. The highest BCUT2D eigenvalue weighted by Crippen LogP contribution is 2.48. The van der Waals surface area contributed by atoms with Gasteiger partial charge in [-0.3, -0.25) is 4.99 Å². The normalized spacial score (nSPS) is 16.7. The molecule has 0 aromatic heterocycles. The molecular formula is C52H36N5-. The van der Waals surface area contributed by atoms with Crippen molar-refractivity contribution in [2.45, 2.75) is 12.3 Å². The van der Waals surface area contributed by atoms with E-state index >= 15 is 0 Å². The predicted octanol–water partition coefficient (Wildman–Crippen LogP) is 12.9. The zero-order chi connectivity index (χ0) is 37.7. The van der Waals surface area contributed by atoms with Gasteiger partial charge in [-0.25, -0.2) is 0 Å². The van der Waals surface area contributed by atoms with Crippen LogP contribution in [0.2, 0.25) is 0 Å². The first-order chi connectivity index (χ1) is 28.2. The lowest BCUT2D eigenvalue weighted by atomic mass is 9.94. The number of hydrogen-bond donors (Lipinski definition) is 1. The molecule has 0 bridgehead atoms. The lowest BCUT2D eigenvalue weighted by molar-refractivity contribution is 0.878. The van der Waals surface area contributed by atoms with Crippen molar-refractivity contribution >= 4 is 44.6 Å². The molecular weight excluding hydrogens is 695 g/mol. The van der Waals surface area contributed by atoms with Crippen LogP contribution >= 0.6 is 0 Å². The second-order valence-corrected chi connectivity index (χ2v) is 14.7. The molecule has 57 heavy (non-hydrogen) atoms. The van der Waals surface area contributed by atoms with Gasteiger partial charge in [-0.05, 0) is 91.2 Å². The third-order valence-corrected chi connectivity index (χ3v) is 11.2. The van der Waals surface area contributed by atoms with Gasteiger partial charge in [0.2, 0.25) is 0 Å². The Morgan fingerprint density at radius 1 is 0.474 bits per heavy atom. The molecule has 5 heteroatoms. The average molecular weight is 731 g/mol. The quantitative estimate of drug-likeness (QED) is 0.173. The van der Waals surface area contributed by atoms with E-state index in [9.17, 15) is 0 Å². The van der Waals surface area contributed by atoms with E-state index in [1.165, 1.54) is 32.9 Å². The molecule has 0 amide bonds. The Bertz CT molecular complexity index is 2960. The summed E-state index contributed by atoms with van der Waals surface area (Å²) in [6, 6.07) is 62.1. The van der Waals surface area contributed by atoms with E-state index in [1.54, 1.807) is 0 Å². The van der Waals surface area contributed by atoms with Crippen LogP contribution in [0, 0.1) is 0 Å². The first kappa shape index (κ1) is 32.9. The van der Waals surface area contributed by atoms with Crippen LogP contribution in [0.4, 0.5) is 11.4 Å². The molecule has 8 aromatic rings. The van der Waals surface area contributed by atoms with Gasteiger partial charge in [-0.15, -0.1) is 0 Å². The number of hydrogen-bond acceptors (Lipinski definition) is 4. The van der Waals surface area contributed by atoms with Gasteiger partial charge in [0.1, 0.15) is 6.17 Å². The number of anilines is 2. The summed E-state index contributed by atoms with van der Waals surface area (Å²) in [7, 11) is 0. The summed E-state index contributed by atoms with van der Waals surface area (Å²) in [5.41, 5.74) is 12.2. The second kappa shape index (κ2) is 13.7. The minimum absolute atomic E-state index is 0.116. The summed E-state index contributed by atoms with van der Waals surface area (Å²) in [6.45, 7) is 0. The molecule has 8 aromatic carbocycles. The topological polar surface area (TPSA) is 54.1 Å². The standard InChI is InChI=1S/C52H36N5/c1-3-13-34(14-4-1)38-17-11-19-41(31-38)51-54-50(55-52(56-51)42-20-12-18-39(32-42)35-15-5-2-6-16-35)37-26-24-36(25-27-37)40-28-29-45-46(33-40)43-21-7-8-22-44(43)48-49(45)57-30-10-9-23-47(57)53-48/h1-33,47,51,53H/q-1. The van der Waals surface area contributed by atoms with Crippen molar-refractivity contribution < 1.29 is 0 Å². The maximum absolute atomic E-state index is 5.20. The highest BCUT2D eigenvalue weighted by molar-refractivity contribution is 6.22. The van der Waals surface area contributed by atoms with Crippen molar-refractivity contribution in [2.75, 3.05) is 10.2 Å². The van der Waals surface area contributed by atoms with E-state index in [0.717, 1.165) is 50.1 Å². The van der Waals surface area contributed by atoms with Gasteiger partial charge in [0, 0.05) is 17.0 Å². The molecule has 2 atom stereocenters.